The molecule has 160 valence electrons. The maximum atomic E-state index is 13.1. The van der Waals surface area contributed by atoms with Gasteiger partial charge >= 0.3 is 0 Å². The van der Waals surface area contributed by atoms with Crippen molar-refractivity contribution in [2.45, 2.75) is 13.8 Å². The highest BCUT2D eigenvalue weighted by molar-refractivity contribution is 9.10. The molecule has 0 aliphatic carbocycles. The number of hydrogen-bond donors (Lipinski definition) is 2. The standard InChI is InChI=1S/C25H21BrN4O2/c1-16-23(17(2)30(29-16)22-13-11-19(26)12-14-22)25(32)28-21-10-6-9-20(15-21)27-24(31)18-7-4-3-5-8-18/h3-15H,1-2H3,(H,27,31)(H,28,32). The van der Waals surface area contributed by atoms with Crippen LogP contribution in [0.3, 0.4) is 0 Å². The van der Waals surface area contributed by atoms with Gasteiger partial charge in [0.2, 0.25) is 0 Å². The molecule has 7 heteroatoms. The van der Waals surface area contributed by atoms with Crippen LogP contribution < -0.4 is 10.6 Å². The van der Waals surface area contributed by atoms with E-state index in [9.17, 15) is 9.59 Å². The second kappa shape index (κ2) is 9.20. The number of amides is 2. The van der Waals surface area contributed by atoms with Crippen LogP contribution in [0.1, 0.15) is 32.1 Å². The molecule has 0 saturated heterocycles. The van der Waals surface area contributed by atoms with Gasteiger partial charge in [-0.15, -0.1) is 0 Å². The van der Waals surface area contributed by atoms with Crippen LogP contribution in [0.4, 0.5) is 11.4 Å². The zero-order valence-electron chi connectivity index (χ0n) is 17.6. The Morgan fingerprint density at radius 1 is 0.812 bits per heavy atom. The maximum Gasteiger partial charge on any atom is 0.259 e. The van der Waals surface area contributed by atoms with Crippen molar-refractivity contribution in [2.24, 2.45) is 0 Å². The van der Waals surface area contributed by atoms with Crippen LogP contribution in [-0.2, 0) is 0 Å². The molecule has 4 aromatic rings. The van der Waals surface area contributed by atoms with Gasteiger partial charge in [0.25, 0.3) is 11.8 Å². The maximum absolute atomic E-state index is 13.1. The average molecular weight is 489 g/mol. The van der Waals surface area contributed by atoms with Gasteiger partial charge in [0.1, 0.15) is 0 Å². The molecule has 0 bridgehead atoms. The molecule has 1 heterocycles. The van der Waals surface area contributed by atoms with Gasteiger partial charge in [-0.25, -0.2) is 4.68 Å². The topological polar surface area (TPSA) is 76.0 Å². The number of carbonyl (C=O) groups excluding carboxylic acids is 2. The van der Waals surface area contributed by atoms with E-state index in [2.05, 4.69) is 31.7 Å². The third-order valence-corrected chi connectivity index (χ3v) is 5.53. The van der Waals surface area contributed by atoms with E-state index in [1.807, 2.05) is 56.3 Å². The number of aryl methyl sites for hydroxylation is 1. The molecule has 0 spiro atoms. The Balaban J connectivity index is 1.53. The van der Waals surface area contributed by atoms with Crippen molar-refractivity contribution >= 4 is 39.1 Å². The summed E-state index contributed by atoms with van der Waals surface area (Å²) in [6, 6.07) is 23.8. The smallest absolute Gasteiger partial charge is 0.259 e. The molecule has 0 radical (unpaired) electrons. The monoisotopic (exact) mass is 488 g/mol. The summed E-state index contributed by atoms with van der Waals surface area (Å²) in [5.74, 6) is -0.466. The van der Waals surface area contributed by atoms with Crippen LogP contribution in [0.15, 0.2) is 83.3 Å². The summed E-state index contributed by atoms with van der Waals surface area (Å²) < 4.78 is 2.73. The van der Waals surface area contributed by atoms with Crippen LogP contribution in [0.2, 0.25) is 0 Å². The van der Waals surface area contributed by atoms with Crippen molar-refractivity contribution in [3.63, 3.8) is 0 Å². The highest BCUT2D eigenvalue weighted by Crippen LogP contribution is 2.22. The first-order chi connectivity index (χ1) is 15.4. The van der Waals surface area contributed by atoms with Gasteiger partial charge < -0.3 is 10.6 Å². The van der Waals surface area contributed by atoms with Crippen molar-refractivity contribution in [3.05, 3.63) is 106 Å². The highest BCUT2D eigenvalue weighted by atomic mass is 79.9. The fourth-order valence-corrected chi connectivity index (χ4v) is 3.73. The molecule has 0 unspecified atom stereocenters. The Kier molecular flexibility index (Phi) is 6.18. The van der Waals surface area contributed by atoms with E-state index >= 15 is 0 Å². The molecule has 2 N–H and O–H groups in total. The minimum Gasteiger partial charge on any atom is -0.322 e. The molecule has 4 rings (SSSR count). The molecule has 0 saturated carbocycles. The number of nitrogens with zero attached hydrogens (tertiary/aromatic N) is 2. The van der Waals surface area contributed by atoms with Crippen molar-refractivity contribution in [2.75, 3.05) is 10.6 Å². The second-order valence-electron chi connectivity index (χ2n) is 7.29. The number of aromatic nitrogens is 2. The molecule has 32 heavy (non-hydrogen) atoms. The first kappa shape index (κ1) is 21.5. The van der Waals surface area contributed by atoms with E-state index in [0.717, 1.165) is 15.9 Å². The molecule has 1 aromatic heterocycles. The van der Waals surface area contributed by atoms with Gasteiger partial charge in [0.05, 0.1) is 22.6 Å². The number of hydrogen-bond acceptors (Lipinski definition) is 3. The van der Waals surface area contributed by atoms with Crippen molar-refractivity contribution in [1.29, 1.82) is 0 Å². The first-order valence-corrected chi connectivity index (χ1v) is 10.8. The molecule has 2 amide bonds. The summed E-state index contributed by atoms with van der Waals surface area (Å²) in [6.45, 7) is 3.68. The third kappa shape index (κ3) is 4.63. The Hall–Kier alpha value is -3.71. The highest BCUT2D eigenvalue weighted by Gasteiger charge is 2.20. The molecule has 0 aliphatic heterocycles. The van der Waals surface area contributed by atoms with Crippen molar-refractivity contribution < 1.29 is 9.59 Å². The third-order valence-electron chi connectivity index (χ3n) is 5.00. The van der Waals surface area contributed by atoms with Gasteiger partial charge in [-0.3, -0.25) is 9.59 Å². The van der Waals surface area contributed by atoms with E-state index in [0.29, 0.717) is 28.2 Å². The van der Waals surface area contributed by atoms with Crippen LogP contribution >= 0.6 is 15.9 Å². The lowest BCUT2D eigenvalue weighted by Crippen LogP contribution is -2.15. The first-order valence-electron chi connectivity index (χ1n) is 10.0. The predicted molar refractivity (Wildman–Crippen MR) is 130 cm³/mol. The lowest BCUT2D eigenvalue weighted by molar-refractivity contribution is 0.101. The normalized spacial score (nSPS) is 10.6. The molecule has 3 aromatic carbocycles. The predicted octanol–water partition coefficient (Wildman–Crippen LogP) is 5.76. The lowest BCUT2D eigenvalue weighted by Gasteiger charge is -2.10. The largest absolute Gasteiger partial charge is 0.322 e. The minimum atomic E-state index is -0.255. The molecule has 0 atom stereocenters. The SMILES string of the molecule is Cc1nn(-c2ccc(Br)cc2)c(C)c1C(=O)Nc1cccc(NC(=O)c2ccccc2)c1. The van der Waals surface area contributed by atoms with E-state index in [1.54, 1.807) is 41.1 Å². The number of carbonyl (C=O) groups is 2. The summed E-state index contributed by atoms with van der Waals surface area (Å²) in [5.41, 5.74) is 4.51. The number of halogens is 1. The van der Waals surface area contributed by atoms with E-state index in [-0.39, 0.29) is 11.8 Å². The van der Waals surface area contributed by atoms with Gasteiger partial charge in [-0.1, -0.05) is 40.2 Å². The fraction of sp³-hybridized carbons (Fsp3) is 0.0800. The Morgan fingerprint density at radius 2 is 1.44 bits per heavy atom. The van der Waals surface area contributed by atoms with Gasteiger partial charge in [-0.05, 0) is 68.4 Å². The zero-order valence-corrected chi connectivity index (χ0v) is 19.2. The van der Waals surface area contributed by atoms with Gasteiger partial charge in [-0.2, -0.15) is 5.10 Å². The zero-order chi connectivity index (χ0) is 22.7. The Labute approximate surface area is 194 Å². The number of rotatable bonds is 5. The van der Waals surface area contributed by atoms with Crippen LogP contribution in [0.25, 0.3) is 5.69 Å². The van der Waals surface area contributed by atoms with Gasteiger partial charge in [0, 0.05) is 21.4 Å². The second-order valence-corrected chi connectivity index (χ2v) is 8.20. The molecular weight excluding hydrogens is 468 g/mol. The molecule has 6 nitrogen and oxygen atoms in total. The molecular formula is C25H21BrN4O2. The van der Waals surface area contributed by atoms with E-state index in [4.69, 9.17) is 0 Å². The van der Waals surface area contributed by atoms with Crippen LogP contribution in [0.5, 0.6) is 0 Å². The van der Waals surface area contributed by atoms with Crippen LogP contribution in [0, 0.1) is 13.8 Å². The number of benzene rings is 3. The van der Waals surface area contributed by atoms with Crippen LogP contribution in [-0.4, -0.2) is 21.6 Å². The number of anilines is 2. The Morgan fingerprint density at radius 3 is 2.09 bits per heavy atom. The van der Waals surface area contributed by atoms with E-state index in [1.165, 1.54) is 0 Å². The Bertz CT molecular complexity index is 1280. The fourth-order valence-electron chi connectivity index (χ4n) is 3.47. The van der Waals surface area contributed by atoms with Crippen molar-refractivity contribution in [3.8, 4) is 5.69 Å². The summed E-state index contributed by atoms with van der Waals surface area (Å²) in [4.78, 5) is 25.5. The molecule has 0 aliphatic rings. The minimum absolute atomic E-state index is 0.212. The van der Waals surface area contributed by atoms with E-state index < -0.39 is 0 Å². The average Bonchev–Trinajstić information content (AvgIpc) is 3.09. The summed E-state index contributed by atoms with van der Waals surface area (Å²) in [6.07, 6.45) is 0. The quantitative estimate of drug-likeness (QED) is 0.375. The summed E-state index contributed by atoms with van der Waals surface area (Å²) in [5, 5.41) is 10.3. The van der Waals surface area contributed by atoms with Crippen molar-refractivity contribution in [1.82, 2.24) is 9.78 Å². The van der Waals surface area contributed by atoms with Gasteiger partial charge in [0.15, 0.2) is 0 Å². The molecule has 0 fully saturated rings. The summed E-state index contributed by atoms with van der Waals surface area (Å²) >= 11 is 3.43. The lowest BCUT2D eigenvalue weighted by atomic mass is 10.1. The number of nitrogens with one attached hydrogen (secondary N) is 2. The summed E-state index contributed by atoms with van der Waals surface area (Å²) in [7, 11) is 0.